The van der Waals surface area contributed by atoms with Crippen LogP contribution in [0.5, 0.6) is 0 Å². The first-order chi connectivity index (χ1) is 10.0. The second-order valence-electron chi connectivity index (χ2n) is 5.46. The van der Waals surface area contributed by atoms with Gasteiger partial charge in [-0.3, -0.25) is 4.79 Å². The van der Waals surface area contributed by atoms with Crippen molar-refractivity contribution in [2.24, 2.45) is 0 Å². The number of rotatable bonds is 4. The lowest BCUT2D eigenvalue weighted by atomic mass is 9.91. The molecule has 2 aromatic rings. The number of carboxylic acids is 1. The minimum absolute atomic E-state index is 0.446. The average Bonchev–Trinajstić information content (AvgIpc) is 3.04. The van der Waals surface area contributed by atoms with Gasteiger partial charge in [-0.05, 0) is 38.3 Å². The number of fused-ring (bicyclic) bond motifs is 1. The van der Waals surface area contributed by atoms with E-state index in [0.29, 0.717) is 13.0 Å². The summed E-state index contributed by atoms with van der Waals surface area (Å²) >= 11 is 1.60. The third kappa shape index (κ3) is 2.81. The Kier molecular flexibility index (Phi) is 3.71. The predicted molar refractivity (Wildman–Crippen MR) is 81.0 cm³/mol. The maximum atomic E-state index is 11.3. The molecule has 112 valence electrons. The van der Waals surface area contributed by atoms with Crippen molar-refractivity contribution >= 4 is 22.4 Å². The molecule has 3 rings (SSSR count). The first-order valence-corrected chi connectivity index (χ1v) is 7.85. The topological polar surface area (TPSA) is 66.6 Å². The number of carboxylic acid groups (broad SMARTS) is 1. The molecule has 5 nitrogen and oxygen atoms in total. The molecule has 1 atom stereocenters. The number of thiazole rings is 1. The summed E-state index contributed by atoms with van der Waals surface area (Å²) in [5.41, 5.74) is 0.760. The van der Waals surface area contributed by atoms with Crippen LogP contribution in [0.25, 0.3) is 0 Å². The second kappa shape index (κ2) is 5.52. The number of furan rings is 1. The molecule has 0 aliphatic heterocycles. The highest BCUT2D eigenvalue weighted by Gasteiger charge is 2.30. The van der Waals surface area contributed by atoms with Gasteiger partial charge < -0.3 is 14.4 Å². The Balaban J connectivity index is 1.81. The summed E-state index contributed by atoms with van der Waals surface area (Å²) in [7, 11) is 1.96. The normalized spacial score (nSPS) is 17.5. The number of aliphatic carboxylic acids is 1. The predicted octanol–water partition coefficient (Wildman–Crippen LogP) is 3.19. The molecule has 0 saturated carbocycles. The molecule has 0 fully saturated rings. The molecule has 1 unspecified atom stereocenters. The fraction of sp³-hybridized carbons (Fsp3) is 0.467. The van der Waals surface area contributed by atoms with Gasteiger partial charge in [-0.2, -0.15) is 0 Å². The highest BCUT2D eigenvalue weighted by molar-refractivity contribution is 7.15. The van der Waals surface area contributed by atoms with Crippen LogP contribution in [0.4, 0.5) is 5.13 Å². The molecule has 1 aliphatic rings. The molecule has 0 spiro atoms. The summed E-state index contributed by atoms with van der Waals surface area (Å²) in [6, 6.07) is 3.90. The van der Waals surface area contributed by atoms with Crippen LogP contribution in [0.2, 0.25) is 0 Å². The minimum Gasteiger partial charge on any atom is -0.481 e. The Labute approximate surface area is 127 Å². The van der Waals surface area contributed by atoms with Gasteiger partial charge in [-0.1, -0.05) is 0 Å². The molecule has 0 amide bonds. The van der Waals surface area contributed by atoms with Gasteiger partial charge in [-0.15, -0.1) is 11.3 Å². The first kappa shape index (κ1) is 14.1. The number of nitrogens with zero attached hydrogens (tertiary/aromatic N) is 2. The number of anilines is 1. The van der Waals surface area contributed by atoms with Crippen LogP contribution in [0.1, 0.15) is 40.9 Å². The maximum Gasteiger partial charge on any atom is 0.312 e. The highest BCUT2D eigenvalue weighted by atomic mass is 32.1. The Hall–Kier alpha value is -1.82. The van der Waals surface area contributed by atoms with Crippen molar-refractivity contribution in [1.29, 1.82) is 0 Å². The van der Waals surface area contributed by atoms with Crippen molar-refractivity contribution in [3.05, 3.63) is 34.2 Å². The Morgan fingerprint density at radius 3 is 3.05 bits per heavy atom. The summed E-state index contributed by atoms with van der Waals surface area (Å²) in [4.78, 5) is 19.0. The molecule has 1 N–H and O–H groups in total. The van der Waals surface area contributed by atoms with E-state index >= 15 is 0 Å². The molecule has 6 heteroatoms. The van der Waals surface area contributed by atoms with Gasteiger partial charge in [0.15, 0.2) is 5.13 Å². The molecule has 21 heavy (non-hydrogen) atoms. The largest absolute Gasteiger partial charge is 0.481 e. The summed E-state index contributed by atoms with van der Waals surface area (Å²) in [5.74, 6) is 0.566. The summed E-state index contributed by atoms with van der Waals surface area (Å²) < 4.78 is 5.58. The van der Waals surface area contributed by atoms with Crippen molar-refractivity contribution in [2.75, 3.05) is 11.9 Å². The van der Waals surface area contributed by atoms with Gasteiger partial charge in [0.1, 0.15) is 17.4 Å². The van der Waals surface area contributed by atoms with E-state index in [4.69, 9.17) is 4.42 Å². The summed E-state index contributed by atoms with van der Waals surface area (Å²) in [6.07, 6.45) is 2.55. The smallest absolute Gasteiger partial charge is 0.312 e. The minimum atomic E-state index is -0.767. The number of hydrogen-bond donors (Lipinski definition) is 1. The number of hydrogen-bond acceptors (Lipinski definition) is 5. The van der Waals surface area contributed by atoms with E-state index in [9.17, 15) is 9.90 Å². The Morgan fingerprint density at radius 2 is 2.38 bits per heavy atom. The zero-order chi connectivity index (χ0) is 15.0. The van der Waals surface area contributed by atoms with E-state index in [1.54, 1.807) is 11.3 Å². The SMILES string of the molecule is Cc1ccc(CN(C)c2nc3c(s2)CCCC3C(=O)O)o1. The van der Waals surface area contributed by atoms with Crippen LogP contribution in [0.15, 0.2) is 16.5 Å². The lowest BCUT2D eigenvalue weighted by molar-refractivity contribution is -0.139. The van der Waals surface area contributed by atoms with Crippen LogP contribution in [0.3, 0.4) is 0 Å². The van der Waals surface area contributed by atoms with E-state index in [1.807, 2.05) is 31.0 Å². The van der Waals surface area contributed by atoms with Crippen molar-refractivity contribution in [3.63, 3.8) is 0 Å². The average molecular weight is 306 g/mol. The fourth-order valence-electron chi connectivity index (χ4n) is 2.68. The number of aryl methyl sites for hydroxylation is 2. The van der Waals surface area contributed by atoms with E-state index in [-0.39, 0.29) is 0 Å². The monoisotopic (exact) mass is 306 g/mol. The summed E-state index contributed by atoms with van der Waals surface area (Å²) in [5, 5.41) is 10.2. The molecule has 0 radical (unpaired) electrons. The molecule has 1 aliphatic carbocycles. The van der Waals surface area contributed by atoms with Crippen molar-refractivity contribution in [2.45, 2.75) is 38.6 Å². The lowest BCUT2D eigenvalue weighted by Crippen LogP contribution is -2.18. The third-order valence-electron chi connectivity index (χ3n) is 3.76. The Bertz CT molecular complexity index is 662. The van der Waals surface area contributed by atoms with E-state index in [0.717, 1.165) is 40.1 Å². The van der Waals surface area contributed by atoms with E-state index in [1.165, 1.54) is 0 Å². The van der Waals surface area contributed by atoms with Gasteiger partial charge in [0, 0.05) is 11.9 Å². The number of aromatic nitrogens is 1. The number of carbonyl (C=O) groups is 1. The molecule has 2 heterocycles. The van der Waals surface area contributed by atoms with Crippen molar-refractivity contribution in [3.8, 4) is 0 Å². The molecular weight excluding hydrogens is 288 g/mol. The van der Waals surface area contributed by atoms with E-state index in [2.05, 4.69) is 4.98 Å². The van der Waals surface area contributed by atoms with Crippen molar-refractivity contribution < 1.29 is 14.3 Å². The van der Waals surface area contributed by atoms with Crippen molar-refractivity contribution in [1.82, 2.24) is 4.98 Å². The van der Waals surface area contributed by atoms with Crippen LogP contribution in [0, 0.1) is 6.92 Å². The Morgan fingerprint density at radius 1 is 1.57 bits per heavy atom. The highest BCUT2D eigenvalue weighted by Crippen LogP contribution is 2.38. The maximum absolute atomic E-state index is 11.3. The molecule has 0 saturated heterocycles. The second-order valence-corrected chi connectivity index (χ2v) is 6.52. The molecule has 0 bridgehead atoms. The van der Waals surface area contributed by atoms with Gasteiger partial charge in [-0.25, -0.2) is 4.98 Å². The van der Waals surface area contributed by atoms with Crippen LogP contribution < -0.4 is 4.90 Å². The van der Waals surface area contributed by atoms with Gasteiger partial charge in [0.05, 0.1) is 12.2 Å². The fourth-order valence-corrected chi connectivity index (χ4v) is 3.80. The third-order valence-corrected chi connectivity index (χ3v) is 5.00. The van der Waals surface area contributed by atoms with Crippen LogP contribution in [-0.2, 0) is 17.8 Å². The van der Waals surface area contributed by atoms with Gasteiger partial charge in [0.2, 0.25) is 0 Å². The van der Waals surface area contributed by atoms with Crippen LogP contribution >= 0.6 is 11.3 Å². The quantitative estimate of drug-likeness (QED) is 0.939. The zero-order valence-corrected chi connectivity index (χ0v) is 12.9. The van der Waals surface area contributed by atoms with Crippen LogP contribution in [-0.4, -0.2) is 23.1 Å². The van der Waals surface area contributed by atoms with Gasteiger partial charge in [0.25, 0.3) is 0 Å². The molecular formula is C15H18N2O3S. The first-order valence-electron chi connectivity index (χ1n) is 7.03. The molecule has 0 aromatic carbocycles. The zero-order valence-electron chi connectivity index (χ0n) is 12.1. The molecule has 2 aromatic heterocycles. The van der Waals surface area contributed by atoms with Gasteiger partial charge >= 0.3 is 5.97 Å². The summed E-state index contributed by atoms with van der Waals surface area (Å²) in [6.45, 7) is 2.56. The van der Waals surface area contributed by atoms with E-state index < -0.39 is 11.9 Å². The lowest BCUT2D eigenvalue weighted by Gasteiger charge is -2.16. The standard InChI is InChI=1S/C15H18N2O3S/c1-9-6-7-10(20-9)8-17(2)15-16-13-11(14(18)19)4-3-5-12(13)21-15/h6-7,11H,3-5,8H2,1-2H3,(H,18,19).